The molecule has 3 rings (SSSR count). The van der Waals surface area contributed by atoms with Crippen LogP contribution in [0.25, 0.3) is 11.0 Å². The molecular weight excluding hydrogens is 459 g/mol. The maximum atomic E-state index is 13.1. The molecule has 0 spiro atoms. The van der Waals surface area contributed by atoms with Crippen LogP contribution in [0.2, 0.25) is 0 Å². The van der Waals surface area contributed by atoms with Gasteiger partial charge in [0.2, 0.25) is 10.0 Å². The van der Waals surface area contributed by atoms with Gasteiger partial charge in [-0.1, -0.05) is 0 Å². The van der Waals surface area contributed by atoms with Crippen LogP contribution in [0.5, 0.6) is 0 Å². The molecule has 0 aliphatic carbocycles. The molecule has 12 heteroatoms. The van der Waals surface area contributed by atoms with E-state index in [9.17, 15) is 26.4 Å². The van der Waals surface area contributed by atoms with Crippen LogP contribution in [0.4, 0.5) is 23.7 Å². The van der Waals surface area contributed by atoms with E-state index in [4.69, 9.17) is 0 Å². The number of alkyl halides is 3. The molecule has 0 fully saturated rings. The highest BCUT2D eigenvalue weighted by Crippen LogP contribution is 2.32. The van der Waals surface area contributed by atoms with Crippen molar-refractivity contribution in [1.29, 1.82) is 0 Å². The zero-order chi connectivity index (χ0) is 24.6. The molecule has 33 heavy (non-hydrogen) atoms. The Morgan fingerprint density at radius 1 is 1.15 bits per heavy atom. The first kappa shape index (κ1) is 24.5. The van der Waals surface area contributed by atoms with Gasteiger partial charge in [0.15, 0.2) is 0 Å². The molecule has 2 N–H and O–H groups in total. The molecule has 0 bridgehead atoms. The maximum absolute atomic E-state index is 13.1. The van der Waals surface area contributed by atoms with Gasteiger partial charge in [0.1, 0.15) is 5.82 Å². The molecule has 1 aromatic heterocycles. The van der Waals surface area contributed by atoms with Crippen LogP contribution in [0.3, 0.4) is 0 Å². The molecule has 3 aromatic rings. The first-order valence-corrected chi connectivity index (χ1v) is 11.5. The van der Waals surface area contributed by atoms with Gasteiger partial charge >= 0.3 is 12.2 Å². The van der Waals surface area contributed by atoms with Gasteiger partial charge in [-0.3, -0.25) is 0 Å². The van der Waals surface area contributed by atoms with Crippen molar-refractivity contribution in [3.05, 3.63) is 53.9 Å². The number of amides is 2. The molecule has 0 unspecified atom stereocenters. The first-order chi connectivity index (χ1) is 15.3. The number of hydrogen-bond donors (Lipinski definition) is 2. The summed E-state index contributed by atoms with van der Waals surface area (Å²) in [5.74, 6) is 0.297. The van der Waals surface area contributed by atoms with Crippen molar-refractivity contribution < 1.29 is 26.4 Å². The molecule has 178 valence electrons. The van der Waals surface area contributed by atoms with Crippen molar-refractivity contribution in [2.45, 2.75) is 37.5 Å². The molecule has 0 aliphatic heterocycles. The average molecular weight is 484 g/mol. The minimum atomic E-state index is -4.50. The lowest BCUT2D eigenvalue weighted by atomic mass is 10.2. The first-order valence-electron chi connectivity index (χ1n) is 10.0. The Morgan fingerprint density at radius 2 is 1.79 bits per heavy atom. The number of halogens is 3. The van der Waals surface area contributed by atoms with Crippen LogP contribution < -0.4 is 10.0 Å². The van der Waals surface area contributed by atoms with Gasteiger partial charge in [0, 0.05) is 26.3 Å². The van der Waals surface area contributed by atoms with Crippen molar-refractivity contribution in [1.82, 2.24) is 19.2 Å². The topological polar surface area (TPSA) is 96.3 Å². The molecule has 1 heterocycles. The zero-order valence-corrected chi connectivity index (χ0v) is 19.3. The second-order valence-electron chi connectivity index (χ2n) is 7.61. The predicted molar refractivity (Wildman–Crippen MR) is 118 cm³/mol. The van der Waals surface area contributed by atoms with Crippen LogP contribution in [0, 0.1) is 0 Å². The fraction of sp³-hybridized carbons (Fsp3) is 0.333. The Morgan fingerprint density at radius 3 is 2.33 bits per heavy atom. The summed E-state index contributed by atoms with van der Waals surface area (Å²) in [6, 6.07) is 7.67. The molecule has 2 aromatic carbocycles. The van der Waals surface area contributed by atoms with Crippen molar-refractivity contribution in [2.75, 3.05) is 19.4 Å². The minimum absolute atomic E-state index is 0.0317. The number of benzene rings is 2. The van der Waals surface area contributed by atoms with Crippen LogP contribution >= 0.6 is 0 Å². The number of hydrogen-bond acceptors (Lipinski definition) is 4. The number of carbonyl (C=O) groups excluding carboxylic acids is 1. The van der Waals surface area contributed by atoms with E-state index in [1.165, 1.54) is 35.2 Å². The smallest absolute Gasteiger partial charge is 0.331 e. The summed E-state index contributed by atoms with van der Waals surface area (Å²) in [6.07, 6.45) is -4.50. The number of anilines is 1. The summed E-state index contributed by atoms with van der Waals surface area (Å²) in [7, 11) is -0.817. The van der Waals surface area contributed by atoms with E-state index in [2.05, 4.69) is 15.0 Å². The van der Waals surface area contributed by atoms with Crippen LogP contribution in [-0.2, 0) is 22.7 Å². The minimum Gasteiger partial charge on any atom is -0.331 e. The lowest BCUT2D eigenvalue weighted by Gasteiger charge is -2.16. The molecule has 0 radical (unpaired) electrons. The third kappa shape index (κ3) is 5.28. The van der Waals surface area contributed by atoms with Crippen LogP contribution in [0.1, 0.15) is 31.3 Å². The average Bonchev–Trinajstić information content (AvgIpc) is 3.11. The van der Waals surface area contributed by atoms with Crippen LogP contribution in [0.15, 0.2) is 47.4 Å². The molecule has 0 aliphatic rings. The summed E-state index contributed by atoms with van der Waals surface area (Å²) >= 11 is 0. The third-order valence-electron chi connectivity index (χ3n) is 4.96. The highest BCUT2D eigenvalue weighted by molar-refractivity contribution is 7.89. The number of sulfonamides is 1. The van der Waals surface area contributed by atoms with Crippen LogP contribution in [-0.4, -0.2) is 43.0 Å². The predicted octanol–water partition coefficient (Wildman–Crippen LogP) is 4.21. The fourth-order valence-electron chi connectivity index (χ4n) is 3.29. The van der Waals surface area contributed by atoms with E-state index in [1.54, 1.807) is 32.5 Å². The van der Waals surface area contributed by atoms with Gasteiger partial charge in [0.25, 0.3) is 0 Å². The summed E-state index contributed by atoms with van der Waals surface area (Å²) in [6.45, 7) is 3.62. The maximum Gasteiger partial charge on any atom is 0.416 e. The van der Waals surface area contributed by atoms with Crippen molar-refractivity contribution >= 4 is 32.8 Å². The Balaban J connectivity index is 1.86. The Kier molecular flexibility index (Phi) is 6.70. The van der Waals surface area contributed by atoms with Crippen molar-refractivity contribution in [3.8, 4) is 0 Å². The van der Waals surface area contributed by atoms with Crippen molar-refractivity contribution in [3.63, 3.8) is 0 Å². The largest absolute Gasteiger partial charge is 0.416 e. The molecular formula is C21H24F3N5O3S. The van der Waals surface area contributed by atoms with Gasteiger partial charge in [-0.05, 0) is 56.3 Å². The van der Waals surface area contributed by atoms with Gasteiger partial charge in [-0.25, -0.2) is 22.9 Å². The molecule has 1 atom stereocenters. The van der Waals surface area contributed by atoms with Gasteiger partial charge in [-0.15, -0.1) is 0 Å². The number of nitrogens with zero attached hydrogens (tertiary/aromatic N) is 3. The molecule has 2 amide bonds. The van der Waals surface area contributed by atoms with Crippen molar-refractivity contribution in [2.24, 2.45) is 0 Å². The quantitative estimate of drug-likeness (QED) is 0.549. The second kappa shape index (κ2) is 9.02. The van der Waals surface area contributed by atoms with E-state index in [-0.39, 0.29) is 16.4 Å². The molecule has 8 nitrogen and oxygen atoms in total. The van der Waals surface area contributed by atoms with Gasteiger partial charge in [0.05, 0.1) is 27.5 Å². The third-order valence-corrected chi connectivity index (χ3v) is 6.52. The Bertz CT molecular complexity index is 1270. The number of carbonyl (C=O) groups is 1. The molecule has 0 saturated heterocycles. The zero-order valence-electron chi connectivity index (χ0n) is 18.4. The SMILES string of the molecule is CCn1c([C@@H](C)NS(=O)(=O)c2ccc(NC(=O)N(C)C)cc2)nc2ccc(C(F)(F)F)cc21. The second-order valence-corrected chi connectivity index (χ2v) is 9.32. The van der Waals surface area contributed by atoms with E-state index in [1.807, 2.05) is 0 Å². The number of imidazole rings is 1. The Hall–Kier alpha value is -3.12. The highest BCUT2D eigenvalue weighted by atomic mass is 32.2. The van der Waals surface area contributed by atoms with E-state index < -0.39 is 27.8 Å². The standard InChI is InChI=1S/C21H24F3N5O3S/c1-5-29-18-12-14(21(22,23)24)6-11-17(18)26-19(29)13(2)27-33(31,32)16-9-7-15(8-10-16)25-20(30)28(3)4/h6-13,27H,5H2,1-4H3,(H,25,30)/t13-/m1/s1. The molecule has 0 saturated carbocycles. The highest BCUT2D eigenvalue weighted by Gasteiger charge is 2.31. The van der Waals surface area contributed by atoms with E-state index >= 15 is 0 Å². The fourth-order valence-corrected chi connectivity index (χ4v) is 4.49. The van der Waals surface area contributed by atoms with Gasteiger partial charge in [-0.2, -0.15) is 13.2 Å². The van der Waals surface area contributed by atoms with E-state index in [0.717, 1.165) is 12.1 Å². The lowest BCUT2D eigenvalue weighted by molar-refractivity contribution is -0.137. The summed E-state index contributed by atoms with van der Waals surface area (Å²) < 4.78 is 69.2. The van der Waals surface area contributed by atoms with E-state index in [0.29, 0.717) is 23.6 Å². The van der Waals surface area contributed by atoms with Gasteiger partial charge < -0.3 is 14.8 Å². The summed E-state index contributed by atoms with van der Waals surface area (Å²) in [5, 5.41) is 2.61. The number of aromatic nitrogens is 2. The Labute approximate surface area is 189 Å². The number of fused-ring (bicyclic) bond motifs is 1. The number of rotatable bonds is 6. The monoisotopic (exact) mass is 483 g/mol. The number of aryl methyl sites for hydroxylation is 1. The lowest BCUT2D eigenvalue weighted by Crippen LogP contribution is -2.29. The number of urea groups is 1. The number of nitrogens with one attached hydrogen (secondary N) is 2. The normalized spacial score (nSPS) is 13.2. The summed E-state index contributed by atoms with van der Waals surface area (Å²) in [4.78, 5) is 17.4. The summed E-state index contributed by atoms with van der Waals surface area (Å²) in [5.41, 5.74) is 0.237.